The van der Waals surface area contributed by atoms with E-state index in [1.54, 1.807) is 11.2 Å². The second kappa shape index (κ2) is 6.53. The van der Waals surface area contributed by atoms with Crippen LogP contribution in [0.1, 0.15) is 18.9 Å². The first-order valence-electron chi connectivity index (χ1n) is 7.70. The van der Waals surface area contributed by atoms with Crippen LogP contribution in [0.15, 0.2) is 42.9 Å². The van der Waals surface area contributed by atoms with Crippen LogP contribution in [0, 0.1) is 17.4 Å². The van der Waals surface area contributed by atoms with Gasteiger partial charge >= 0.3 is 0 Å². The van der Waals surface area contributed by atoms with Crippen molar-refractivity contribution < 1.29 is 4.79 Å². The van der Waals surface area contributed by atoms with Crippen LogP contribution in [0.4, 0.5) is 5.82 Å². The topological polar surface area (TPSA) is 74.0 Å². The summed E-state index contributed by atoms with van der Waals surface area (Å²) in [5, 5.41) is 11.9. The number of rotatable bonds is 4. The van der Waals surface area contributed by atoms with Crippen LogP contribution in [-0.2, 0) is 11.3 Å². The molecule has 0 bridgehead atoms. The first kappa shape index (κ1) is 15.1. The quantitative estimate of drug-likeness (QED) is 0.877. The molecule has 2 atom stereocenters. The molecule has 1 aromatic heterocycles. The maximum atomic E-state index is 12.4. The molecule has 1 N–H and O–H groups in total. The molecule has 1 amide bonds. The second-order valence-corrected chi connectivity index (χ2v) is 5.84. The molecule has 0 saturated carbocycles. The maximum absolute atomic E-state index is 12.4. The number of anilines is 1. The fraction of sp³-hybridized carbons (Fsp3) is 0.353. The summed E-state index contributed by atoms with van der Waals surface area (Å²) in [4.78, 5) is 18.2. The van der Waals surface area contributed by atoms with Gasteiger partial charge in [-0.2, -0.15) is 5.26 Å². The van der Waals surface area contributed by atoms with E-state index in [9.17, 15) is 4.79 Å². The van der Waals surface area contributed by atoms with E-state index in [4.69, 9.17) is 5.26 Å². The smallest absolute Gasteiger partial charge is 0.230 e. The van der Waals surface area contributed by atoms with E-state index in [-0.39, 0.29) is 17.9 Å². The van der Waals surface area contributed by atoms with Gasteiger partial charge in [-0.05, 0) is 18.9 Å². The fourth-order valence-electron chi connectivity index (χ4n) is 2.96. The monoisotopic (exact) mass is 309 g/mol. The third-order valence-electron chi connectivity index (χ3n) is 4.31. The van der Waals surface area contributed by atoms with Gasteiger partial charge in [-0.3, -0.25) is 4.79 Å². The zero-order valence-electron chi connectivity index (χ0n) is 13.0. The van der Waals surface area contributed by atoms with Crippen LogP contribution in [0.25, 0.3) is 0 Å². The van der Waals surface area contributed by atoms with Gasteiger partial charge in [-0.25, -0.2) is 4.98 Å². The minimum atomic E-state index is -0.172. The Labute approximate surface area is 135 Å². The van der Waals surface area contributed by atoms with Gasteiger partial charge in [0, 0.05) is 25.3 Å². The van der Waals surface area contributed by atoms with E-state index < -0.39 is 0 Å². The van der Waals surface area contributed by atoms with Crippen molar-refractivity contribution in [2.75, 3.05) is 11.9 Å². The molecule has 23 heavy (non-hydrogen) atoms. The van der Waals surface area contributed by atoms with E-state index in [0.29, 0.717) is 25.3 Å². The molecule has 6 nitrogen and oxygen atoms in total. The highest BCUT2D eigenvalue weighted by molar-refractivity contribution is 5.92. The first-order chi connectivity index (χ1) is 11.2. The second-order valence-electron chi connectivity index (χ2n) is 5.84. The number of benzene rings is 1. The number of nitrogens with one attached hydrogen (secondary N) is 1. The predicted octanol–water partition coefficient (Wildman–Crippen LogP) is 2.06. The minimum absolute atomic E-state index is 0.0635. The molecule has 0 spiro atoms. The lowest BCUT2D eigenvalue weighted by Gasteiger charge is -2.18. The van der Waals surface area contributed by atoms with Gasteiger partial charge in [-0.1, -0.05) is 30.3 Å². The SMILES string of the molecule is C[C@H]1C(C(=O)Nc2cn(Cc3ccccc3)cn2)CCN1C#N. The number of nitrogens with zero attached hydrogens (tertiary/aromatic N) is 4. The number of nitriles is 1. The Bertz CT molecular complexity index is 718. The molecule has 1 fully saturated rings. The fourth-order valence-corrected chi connectivity index (χ4v) is 2.96. The van der Waals surface area contributed by atoms with Crippen LogP contribution in [-0.4, -0.2) is 32.9 Å². The molecular weight excluding hydrogens is 290 g/mol. The molecule has 1 aliphatic rings. The standard InChI is InChI=1S/C17H19N5O/c1-13-15(7-8-22(13)11-18)17(23)20-16-10-21(12-19-16)9-14-5-3-2-4-6-14/h2-6,10,12-13,15H,7-9H2,1H3,(H,20,23)/t13-,15?/m0/s1. The van der Waals surface area contributed by atoms with Crippen molar-refractivity contribution in [2.24, 2.45) is 5.92 Å². The Balaban J connectivity index is 1.61. The van der Waals surface area contributed by atoms with Crippen LogP contribution in [0.5, 0.6) is 0 Å². The van der Waals surface area contributed by atoms with Crippen LogP contribution in [0.3, 0.4) is 0 Å². The summed E-state index contributed by atoms with van der Waals surface area (Å²) in [6, 6.07) is 10.0. The number of hydrogen-bond acceptors (Lipinski definition) is 4. The van der Waals surface area contributed by atoms with Gasteiger partial charge in [0.2, 0.25) is 5.91 Å². The largest absolute Gasteiger partial charge is 0.331 e. The highest BCUT2D eigenvalue weighted by Crippen LogP contribution is 2.24. The van der Waals surface area contributed by atoms with E-state index in [1.165, 1.54) is 5.56 Å². The molecule has 6 heteroatoms. The zero-order valence-corrected chi connectivity index (χ0v) is 13.0. The highest BCUT2D eigenvalue weighted by atomic mass is 16.2. The van der Waals surface area contributed by atoms with Crippen LogP contribution >= 0.6 is 0 Å². The Kier molecular flexibility index (Phi) is 4.29. The Morgan fingerprint density at radius 2 is 2.22 bits per heavy atom. The number of amides is 1. The lowest BCUT2D eigenvalue weighted by molar-refractivity contribution is -0.120. The van der Waals surface area contributed by atoms with Crippen molar-refractivity contribution in [1.82, 2.24) is 14.5 Å². The van der Waals surface area contributed by atoms with Crippen molar-refractivity contribution in [1.29, 1.82) is 5.26 Å². The number of likely N-dealkylation sites (tertiary alicyclic amines) is 1. The molecule has 1 saturated heterocycles. The maximum Gasteiger partial charge on any atom is 0.230 e. The zero-order chi connectivity index (χ0) is 16.2. The average molecular weight is 309 g/mol. The van der Waals surface area contributed by atoms with Gasteiger partial charge in [0.05, 0.1) is 12.2 Å². The van der Waals surface area contributed by atoms with Gasteiger partial charge in [0.25, 0.3) is 0 Å². The summed E-state index contributed by atoms with van der Waals surface area (Å²) in [5.41, 5.74) is 1.18. The minimum Gasteiger partial charge on any atom is -0.331 e. The Morgan fingerprint density at radius 1 is 1.43 bits per heavy atom. The predicted molar refractivity (Wildman–Crippen MR) is 86.3 cm³/mol. The summed E-state index contributed by atoms with van der Waals surface area (Å²) in [6.07, 6.45) is 6.36. The number of aromatic nitrogens is 2. The molecule has 2 aromatic rings. The van der Waals surface area contributed by atoms with Crippen molar-refractivity contribution in [3.63, 3.8) is 0 Å². The van der Waals surface area contributed by atoms with E-state index in [1.807, 2.05) is 35.9 Å². The normalized spacial score (nSPS) is 20.3. The number of imidazole rings is 1. The highest BCUT2D eigenvalue weighted by Gasteiger charge is 2.35. The third kappa shape index (κ3) is 3.34. The van der Waals surface area contributed by atoms with Crippen molar-refractivity contribution >= 4 is 11.7 Å². The molecule has 118 valence electrons. The summed E-state index contributed by atoms with van der Waals surface area (Å²) < 4.78 is 1.94. The molecule has 0 radical (unpaired) electrons. The Hall–Kier alpha value is -2.81. The van der Waals surface area contributed by atoms with Gasteiger partial charge in [-0.15, -0.1) is 0 Å². The van der Waals surface area contributed by atoms with E-state index in [2.05, 4.69) is 28.6 Å². The molecular formula is C17H19N5O. The van der Waals surface area contributed by atoms with Crippen LogP contribution in [0.2, 0.25) is 0 Å². The lowest BCUT2D eigenvalue weighted by atomic mass is 10.0. The van der Waals surface area contributed by atoms with Gasteiger partial charge in [0.15, 0.2) is 12.0 Å². The number of carbonyl (C=O) groups excluding carboxylic acids is 1. The molecule has 1 aromatic carbocycles. The molecule has 3 rings (SSSR count). The Morgan fingerprint density at radius 3 is 2.91 bits per heavy atom. The van der Waals surface area contributed by atoms with Crippen molar-refractivity contribution in [2.45, 2.75) is 25.9 Å². The average Bonchev–Trinajstić information content (AvgIpc) is 3.14. The summed E-state index contributed by atoms with van der Waals surface area (Å²) in [7, 11) is 0. The summed E-state index contributed by atoms with van der Waals surface area (Å²) in [5.74, 6) is 0.308. The van der Waals surface area contributed by atoms with E-state index >= 15 is 0 Å². The molecule has 1 aliphatic heterocycles. The molecule has 0 aliphatic carbocycles. The van der Waals surface area contributed by atoms with E-state index in [0.717, 1.165) is 0 Å². The summed E-state index contributed by atoms with van der Waals surface area (Å²) >= 11 is 0. The first-order valence-corrected chi connectivity index (χ1v) is 7.70. The number of hydrogen-bond donors (Lipinski definition) is 1. The molecule has 2 heterocycles. The van der Waals surface area contributed by atoms with Crippen molar-refractivity contribution in [3.8, 4) is 6.19 Å². The lowest BCUT2D eigenvalue weighted by Crippen LogP contribution is -2.33. The number of carbonyl (C=O) groups is 1. The third-order valence-corrected chi connectivity index (χ3v) is 4.31. The molecule has 1 unspecified atom stereocenters. The van der Waals surface area contributed by atoms with Crippen molar-refractivity contribution in [3.05, 3.63) is 48.4 Å². The summed E-state index contributed by atoms with van der Waals surface area (Å²) in [6.45, 7) is 3.26. The van der Waals surface area contributed by atoms with Gasteiger partial charge in [0.1, 0.15) is 0 Å². The van der Waals surface area contributed by atoms with Crippen LogP contribution < -0.4 is 5.32 Å². The van der Waals surface area contributed by atoms with Gasteiger partial charge < -0.3 is 14.8 Å².